The second kappa shape index (κ2) is 2.86. The van der Waals surface area contributed by atoms with Crippen molar-refractivity contribution >= 4 is 28.5 Å². The Hall–Kier alpha value is 0.200. The Kier molecular flexibility index (Phi) is 2.92. The van der Waals surface area contributed by atoms with Crippen LogP contribution in [0.1, 0.15) is 20.8 Å². The van der Waals surface area contributed by atoms with Crippen molar-refractivity contribution in [3.05, 3.63) is 0 Å². The van der Waals surface area contributed by atoms with Crippen LogP contribution < -0.4 is 5.73 Å². The molecule has 0 radical (unpaired) electrons. The summed E-state index contributed by atoms with van der Waals surface area (Å²) < 4.78 is -0.0740. The van der Waals surface area contributed by atoms with Gasteiger partial charge in [0.05, 0.1) is 3.92 Å². The molecule has 1 amide bonds. The number of carbonyl (C=O) groups is 1. The van der Waals surface area contributed by atoms with Crippen LogP contribution in [-0.2, 0) is 4.79 Å². The molecule has 0 fully saturated rings. The predicted molar refractivity (Wildman–Crippen MR) is 46.5 cm³/mol. The van der Waals surface area contributed by atoms with Gasteiger partial charge in [0.1, 0.15) is 0 Å². The molecule has 0 aliphatic heterocycles. The van der Waals surface area contributed by atoms with Crippen molar-refractivity contribution in [3.8, 4) is 0 Å². The Morgan fingerprint density at radius 1 is 1.56 bits per heavy atom. The highest BCUT2D eigenvalue weighted by molar-refractivity contribution is 14.1. The Bertz CT molecular complexity index is 117. The summed E-state index contributed by atoms with van der Waals surface area (Å²) in [5, 5.41) is 0. The van der Waals surface area contributed by atoms with Gasteiger partial charge in [-0.15, -0.1) is 0 Å². The van der Waals surface area contributed by atoms with Crippen molar-refractivity contribution in [3.63, 3.8) is 0 Å². The van der Waals surface area contributed by atoms with Crippen molar-refractivity contribution in [1.82, 2.24) is 0 Å². The molecule has 0 aromatic carbocycles. The van der Waals surface area contributed by atoms with Crippen LogP contribution in [0.5, 0.6) is 0 Å². The van der Waals surface area contributed by atoms with E-state index in [1.807, 2.05) is 20.8 Å². The topological polar surface area (TPSA) is 43.1 Å². The minimum absolute atomic E-state index is 0.00755. The quantitative estimate of drug-likeness (QED) is 0.546. The van der Waals surface area contributed by atoms with Crippen molar-refractivity contribution < 1.29 is 4.79 Å². The van der Waals surface area contributed by atoms with Crippen LogP contribution in [0.2, 0.25) is 0 Å². The normalized spacial score (nSPS) is 15.1. The van der Waals surface area contributed by atoms with E-state index in [1.165, 1.54) is 0 Å². The predicted octanol–water partition coefficient (Wildman–Crippen LogP) is 1.32. The maximum absolute atomic E-state index is 10.6. The molecule has 1 atom stereocenters. The van der Waals surface area contributed by atoms with Gasteiger partial charge >= 0.3 is 0 Å². The molecular weight excluding hydrogens is 229 g/mol. The lowest BCUT2D eigenvalue weighted by Gasteiger charge is -2.21. The Balaban J connectivity index is 4.04. The summed E-state index contributed by atoms with van der Waals surface area (Å²) >= 11 is 2.06. The van der Waals surface area contributed by atoms with E-state index >= 15 is 0 Å². The van der Waals surface area contributed by atoms with Gasteiger partial charge in [0.15, 0.2) is 0 Å². The lowest BCUT2D eigenvalue weighted by atomic mass is 9.92. The molecule has 0 spiro atoms. The minimum Gasteiger partial charge on any atom is -0.369 e. The highest BCUT2D eigenvalue weighted by Gasteiger charge is 2.25. The zero-order valence-corrected chi connectivity index (χ0v) is 8.10. The summed E-state index contributed by atoms with van der Waals surface area (Å²) in [6.07, 6.45) is 0. The largest absolute Gasteiger partial charge is 0.369 e. The molecule has 0 saturated heterocycles. The van der Waals surface area contributed by atoms with Gasteiger partial charge < -0.3 is 5.73 Å². The van der Waals surface area contributed by atoms with Crippen LogP contribution in [0.15, 0.2) is 0 Å². The summed E-state index contributed by atoms with van der Waals surface area (Å²) in [4.78, 5) is 10.6. The monoisotopic (exact) mass is 241 g/mol. The molecule has 2 N–H and O–H groups in total. The van der Waals surface area contributed by atoms with E-state index < -0.39 is 0 Å². The summed E-state index contributed by atoms with van der Waals surface area (Å²) in [7, 11) is 0. The first-order valence-electron chi connectivity index (χ1n) is 2.79. The lowest BCUT2D eigenvalue weighted by Crippen LogP contribution is -2.34. The highest BCUT2D eigenvalue weighted by atomic mass is 127. The van der Waals surface area contributed by atoms with Gasteiger partial charge in [-0.2, -0.15) is 0 Å². The van der Waals surface area contributed by atoms with Gasteiger partial charge in [0, 0.05) is 0 Å². The number of amides is 1. The standard InChI is InChI=1S/C6H12INO/c1-6(2,3)4(7)5(8)9/h4H,1-3H3,(H2,8,9). The number of rotatable bonds is 1. The number of hydrogen-bond acceptors (Lipinski definition) is 1. The minimum atomic E-state index is -0.233. The van der Waals surface area contributed by atoms with Gasteiger partial charge in [-0.1, -0.05) is 43.4 Å². The van der Waals surface area contributed by atoms with E-state index in [0.29, 0.717) is 0 Å². The fourth-order valence-electron chi connectivity index (χ4n) is 0.427. The number of carbonyl (C=O) groups excluding carboxylic acids is 1. The number of primary amides is 1. The van der Waals surface area contributed by atoms with Gasteiger partial charge in [0.2, 0.25) is 5.91 Å². The molecule has 54 valence electrons. The lowest BCUT2D eigenvalue weighted by molar-refractivity contribution is -0.118. The molecule has 0 saturated carbocycles. The van der Waals surface area contributed by atoms with Crippen LogP contribution in [0.25, 0.3) is 0 Å². The van der Waals surface area contributed by atoms with Crippen molar-refractivity contribution in [2.45, 2.75) is 24.7 Å². The third kappa shape index (κ3) is 3.03. The smallest absolute Gasteiger partial charge is 0.230 e. The molecule has 0 aromatic rings. The maximum atomic E-state index is 10.6. The molecule has 0 aliphatic carbocycles. The number of hydrogen-bond donors (Lipinski definition) is 1. The van der Waals surface area contributed by atoms with E-state index in [2.05, 4.69) is 22.6 Å². The molecule has 0 bridgehead atoms. The van der Waals surface area contributed by atoms with E-state index in [0.717, 1.165) is 0 Å². The molecule has 9 heavy (non-hydrogen) atoms. The first-order chi connectivity index (χ1) is 3.85. The fraction of sp³-hybridized carbons (Fsp3) is 0.833. The molecule has 2 nitrogen and oxygen atoms in total. The molecule has 0 aromatic heterocycles. The van der Waals surface area contributed by atoms with E-state index in [-0.39, 0.29) is 15.2 Å². The third-order valence-corrected chi connectivity index (χ3v) is 3.49. The highest BCUT2D eigenvalue weighted by Crippen LogP contribution is 2.25. The summed E-state index contributed by atoms with van der Waals surface area (Å²) in [5.41, 5.74) is 5.07. The second-order valence-electron chi connectivity index (χ2n) is 3.13. The van der Waals surface area contributed by atoms with Crippen LogP contribution in [0.4, 0.5) is 0 Å². The van der Waals surface area contributed by atoms with Crippen molar-refractivity contribution in [1.29, 1.82) is 0 Å². The second-order valence-corrected chi connectivity index (χ2v) is 4.38. The van der Waals surface area contributed by atoms with Crippen molar-refractivity contribution in [2.75, 3.05) is 0 Å². The zero-order valence-electron chi connectivity index (χ0n) is 5.94. The van der Waals surface area contributed by atoms with Crippen LogP contribution in [0.3, 0.4) is 0 Å². The number of halogens is 1. The zero-order chi connectivity index (χ0) is 7.65. The van der Waals surface area contributed by atoms with E-state index in [1.54, 1.807) is 0 Å². The molecule has 0 rings (SSSR count). The first-order valence-corrected chi connectivity index (χ1v) is 4.03. The first kappa shape index (κ1) is 9.20. The summed E-state index contributed by atoms with van der Waals surface area (Å²) in [6.45, 7) is 5.98. The van der Waals surface area contributed by atoms with E-state index in [4.69, 9.17) is 5.73 Å². The van der Waals surface area contributed by atoms with Gasteiger partial charge in [-0.25, -0.2) is 0 Å². The maximum Gasteiger partial charge on any atom is 0.230 e. The third-order valence-electron chi connectivity index (χ3n) is 1.01. The van der Waals surface area contributed by atoms with Gasteiger partial charge in [-0.05, 0) is 5.41 Å². The number of alkyl halides is 1. The van der Waals surface area contributed by atoms with Crippen LogP contribution >= 0.6 is 22.6 Å². The molecule has 3 heteroatoms. The Morgan fingerprint density at radius 3 is 1.89 bits per heavy atom. The van der Waals surface area contributed by atoms with Crippen LogP contribution in [-0.4, -0.2) is 9.83 Å². The Labute approximate surface area is 69.3 Å². The SMILES string of the molecule is CC(C)(C)C(I)C(N)=O. The average Bonchev–Trinajstić information content (AvgIpc) is 1.62. The van der Waals surface area contributed by atoms with Gasteiger partial charge in [0.25, 0.3) is 0 Å². The van der Waals surface area contributed by atoms with Crippen LogP contribution in [0, 0.1) is 5.41 Å². The molecule has 0 aliphatic rings. The average molecular weight is 241 g/mol. The Morgan fingerprint density at radius 2 is 1.89 bits per heavy atom. The summed E-state index contributed by atoms with van der Waals surface area (Å²) in [6, 6.07) is 0. The molecule has 0 heterocycles. The van der Waals surface area contributed by atoms with Crippen molar-refractivity contribution in [2.24, 2.45) is 11.1 Å². The molecule has 1 unspecified atom stereocenters. The van der Waals surface area contributed by atoms with Gasteiger partial charge in [-0.3, -0.25) is 4.79 Å². The summed E-state index contributed by atoms with van der Waals surface area (Å²) in [5.74, 6) is -0.233. The number of nitrogens with two attached hydrogens (primary N) is 1. The molecular formula is C6H12INO. The van der Waals surface area contributed by atoms with E-state index in [9.17, 15) is 4.79 Å². The fourth-order valence-corrected chi connectivity index (χ4v) is 0.427.